The van der Waals surface area contributed by atoms with Crippen LogP contribution in [-0.4, -0.2) is 23.1 Å². The fourth-order valence-electron chi connectivity index (χ4n) is 2.88. The number of rotatable bonds is 2. The lowest BCUT2D eigenvalue weighted by atomic mass is 9.99. The zero-order chi connectivity index (χ0) is 15.5. The SMILES string of the molecule is Cc1c(Cl)cccc1NC(=S)N1CC[C@@H](c2ccccc2)C1. The van der Waals surface area contributed by atoms with E-state index in [1.54, 1.807) is 0 Å². The molecule has 0 aromatic heterocycles. The first-order valence-corrected chi connectivity index (χ1v) is 8.30. The Hall–Kier alpha value is -1.58. The Morgan fingerprint density at radius 2 is 1.95 bits per heavy atom. The fraction of sp³-hybridized carbons (Fsp3) is 0.278. The third-order valence-electron chi connectivity index (χ3n) is 4.26. The number of likely N-dealkylation sites (tertiary alicyclic amines) is 1. The number of halogens is 1. The number of thiocarbonyl (C=S) groups is 1. The number of nitrogens with zero attached hydrogens (tertiary/aromatic N) is 1. The molecule has 0 spiro atoms. The van der Waals surface area contributed by atoms with Crippen LogP contribution in [0.5, 0.6) is 0 Å². The van der Waals surface area contributed by atoms with Crippen LogP contribution >= 0.6 is 23.8 Å². The highest BCUT2D eigenvalue weighted by Crippen LogP contribution is 2.28. The monoisotopic (exact) mass is 330 g/mol. The van der Waals surface area contributed by atoms with Gasteiger partial charge in [-0.25, -0.2) is 0 Å². The minimum atomic E-state index is 0.557. The second kappa shape index (κ2) is 6.67. The maximum atomic E-state index is 6.16. The van der Waals surface area contributed by atoms with Gasteiger partial charge in [0.1, 0.15) is 0 Å². The van der Waals surface area contributed by atoms with Gasteiger partial charge in [0.2, 0.25) is 0 Å². The highest BCUT2D eigenvalue weighted by atomic mass is 35.5. The third-order valence-corrected chi connectivity index (χ3v) is 5.03. The largest absolute Gasteiger partial charge is 0.348 e. The standard InChI is InChI=1S/C18H19ClN2S/c1-13-16(19)8-5-9-17(13)20-18(22)21-11-10-15(12-21)14-6-3-2-4-7-14/h2-9,15H,10-12H2,1H3,(H,20,22)/t15-/m1/s1. The van der Waals surface area contributed by atoms with Gasteiger partial charge in [0.15, 0.2) is 5.11 Å². The van der Waals surface area contributed by atoms with E-state index in [-0.39, 0.29) is 0 Å². The summed E-state index contributed by atoms with van der Waals surface area (Å²) in [7, 11) is 0. The van der Waals surface area contributed by atoms with Crippen LogP contribution in [0.4, 0.5) is 5.69 Å². The fourth-order valence-corrected chi connectivity index (χ4v) is 3.33. The first-order chi connectivity index (χ1) is 10.6. The molecule has 0 radical (unpaired) electrons. The van der Waals surface area contributed by atoms with Gasteiger partial charge in [-0.1, -0.05) is 48.0 Å². The predicted octanol–water partition coefficient (Wildman–Crippen LogP) is 4.83. The van der Waals surface area contributed by atoms with Crippen molar-refractivity contribution in [1.29, 1.82) is 0 Å². The van der Waals surface area contributed by atoms with Crippen LogP contribution < -0.4 is 5.32 Å². The normalized spacial score (nSPS) is 17.5. The Labute approximate surface area is 142 Å². The zero-order valence-electron chi connectivity index (χ0n) is 12.6. The number of hydrogen-bond acceptors (Lipinski definition) is 1. The van der Waals surface area contributed by atoms with Crippen LogP contribution in [0.25, 0.3) is 0 Å². The average Bonchev–Trinajstić information content (AvgIpc) is 3.03. The predicted molar refractivity (Wildman–Crippen MR) is 97.8 cm³/mol. The molecule has 22 heavy (non-hydrogen) atoms. The van der Waals surface area contributed by atoms with E-state index in [9.17, 15) is 0 Å². The quantitative estimate of drug-likeness (QED) is 0.794. The summed E-state index contributed by atoms with van der Waals surface area (Å²) in [6.07, 6.45) is 1.14. The van der Waals surface area contributed by atoms with E-state index in [1.165, 1.54) is 5.56 Å². The molecule has 4 heteroatoms. The van der Waals surface area contributed by atoms with Crippen molar-refractivity contribution >= 4 is 34.6 Å². The summed E-state index contributed by atoms with van der Waals surface area (Å²) >= 11 is 11.7. The maximum absolute atomic E-state index is 6.16. The van der Waals surface area contributed by atoms with Gasteiger partial charge in [-0.2, -0.15) is 0 Å². The molecule has 1 N–H and O–H groups in total. The number of nitrogens with one attached hydrogen (secondary N) is 1. The lowest BCUT2D eigenvalue weighted by molar-refractivity contribution is 0.518. The van der Waals surface area contributed by atoms with Crippen molar-refractivity contribution in [3.05, 3.63) is 64.7 Å². The van der Waals surface area contributed by atoms with E-state index >= 15 is 0 Å². The average molecular weight is 331 g/mol. The summed E-state index contributed by atoms with van der Waals surface area (Å²) in [5.41, 5.74) is 3.41. The Balaban J connectivity index is 1.66. The third kappa shape index (κ3) is 3.26. The molecule has 2 aromatic rings. The van der Waals surface area contributed by atoms with Crippen LogP contribution in [-0.2, 0) is 0 Å². The molecule has 1 atom stereocenters. The summed E-state index contributed by atoms with van der Waals surface area (Å²) in [5, 5.41) is 4.88. The molecule has 114 valence electrons. The molecular weight excluding hydrogens is 312 g/mol. The van der Waals surface area contributed by atoms with Gasteiger partial charge in [-0.15, -0.1) is 0 Å². The number of hydrogen-bond donors (Lipinski definition) is 1. The Morgan fingerprint density at radius 3 is 2.73 bits per heavy atom. The lowest BCUT2D eigenvalue weighted by Gasteiger charge is -2.21. The van der Waals surface area contributed by atoms with Crippen molar-refractivity contribution in [2.75, 3.05) is 18.4 Å². The molecule has 1 heterocycles. The summed E-state index contributed by atoms with van der Waals surface area (Å²) in [4.78, 5) is 2.24. The molecule has 0 saturated carbocycles. The molecule has 1 aliphatic rings. The topological polar surface area (TPSA) is 15.3 Å². The van der Waals surface area contributed by atoms with Crippen molar-refractivity contribution in [2.45, 2.75) is 19.3 Å². The second-order valence-electron chi connectivity index (χ2n) is 5.68. The summed E-state index contributed by atoms with van der Waals surface area (Å²) in [5.74, 6) is 0.557. The molecule has 3 rings (SSSR count). The van der Waals surface area contributed by atoms with Gasteiger partial charge < -0.3 is 10.2 Å². The highest BCUT2D eigenvalue weighted by molar-refractivity contribution is 7.80. The highest BCUT2D eigenvalue weighted by Gasteiger charge is 2.25. The van der Waals surface area contributed by atoms with Gasteiger partial charge in [0.05, 0.1) is 0 Å². The van der Waals surface area contributed by atoms with E-state index in [2.05, 4.69) is 40.5 Å². The number of anilines is 1. The molecule has 1 aliphatic heterocycles. The smallest absolute Gasteiger partial charge is 0.173 e. The minimum Gasteiger partial charge on any atom is -0.348 e. The van der Waals surface area contributed by atoms with Gasteiger partial charge >= 0.3 is 0 Å². The summed E-state index contributed by atoms with van der Waals surface area (Å²) < 4.78 is 0. The van der Waals surface area contributed by atoms with Gasteiger partial charge in [0.25, 0.3) is 0 Å². The lowest BCUT2D eigenvalue weighted by Crippen LogP contribution is -2.32. The second-order valence-corrected chi connectivity index (χ2v) is 6.48. The van der Waals surface area contributed by atoms with Crippen LogP contribution in [0.1, 0.15) is 23.5 Å². The van der Waals surface area contributed by atoms with Crippen LogP contribution in [0, 0.1) is 6.92 Å². The van der Waals surface area contributed by atoms with Gasteiger partial charge in [-0.05, 0) is 48.8 Å². The van der Waals surface area contributed by atoms with Crippen molar-refractivity contribution in [2.24, 2.45) is 0 Å². The van der Waals surface area contributed by atoms with E-state index in [4.69, 9.17) is 23.8 Å². The molecule has 1 fully saturated rings. The van der Waals surface area contributed by atoms with E-state index < -0.39 is 0 Å². The van der Waals surface area contributed by atoms with Gasteiger partial charge in [0, 0.05) is 29.7 Å². The number of benzene rings is 2. The minimum absolute atomic E-state index is 0.557. The first kappa shape index (κ1) is 15.3. The van der Waals surface area contributed by atoms with E-state index in [0.717, 1.165) is 40.9 Å². The molecule has 0 unspecified atom stereocenters. The van der Waals surface area contributed by atoms with Crippen LogP contribution in [0.3, 0.4) is 0 Å². The summed E-state index contributed by atoms with van der Waals surface area (Å²) in [6, 6.07) is 16.5. The molecule has 0 amide bonds. The van der Waals surface area contributed by atoms with Crippen molar-refractivity contribution in [1.82, 2.24) is 4.90 Å². The summed E-state index contributed by atoms with van der Waals surface area (Å²) in [6.45, 7) is 3.96. The molecule has 2 aromatic carbocycles. The van der Waals surface area contributed by atoms with Crippen LogP contribution in [0.15, 0.2) is 48.5 Å². The van der Waals surface area contributed by atoms with Crippen molar-refractivity contribution < 1.29 is 0 Å². The first-order valence-electron chi connectivity index (χ1n) is 7.51. The van der Waals surface area contributed by atoms with Crippen molar-refractivity contribution in [3.8, 4) is 0 Å². The molecule has 2 nitrogen and oxygen atoms in total. The van der Waals surface area contributed by atoms with Crippen molar-refractivity contribution in [3.63, 3.8) is 0 Å². The Kier molecular flexibility index (Phi) is 4.65. The van der Waals surface area contributed by atoms with Gasteiger partial charge in [-0.3, -0.25) is 0 Å². The van der Waals surface area contributed by atoms with E-state index in [0.29, 0.717) is 5.92 Å². The molecule has 1 saturated heterocycles. The Morgan fingerprint density at radius 1 is 1.18 bits per heavy atom. The molecule has 0 aliphatic carbocycles. The van der Waals surface area contributed by atoms with Crippen LogP contribution in [0.2, 0.25) is 5.02 Å². The maximum Gasteiger partial charge on any atom is 0.173 e. The zero-order valence-corrected chi connectivity index (χ0v) is 14.1. The molecular formula is C18H19ClN2S. The van der Waals surface area contributed by atoms with E-state index in [1.807, 2.05) is 25.1 Å². The molecule has 0 bridgehead atoms. The Bertz CT molecular complexity index is 672.